The minimum atomic E-state index is 0.718. The molecule has 0 amide bonds. The van der Waals surface area contributed by atoms with Gasteiger partial charge in [0.1, 0.15) is 0 Å². The van der Waals surface area contributed by atoms with Gasteiger partial charge < -0.3 is 10.2 Å². The average Bonchev–Trinajstić information content (AvgIpc) is 2.45. The summed E-state index contributed by atoms with van der Waals surface area (Å²) in [5.41, 5.74) is 4.02. The van der Waals surface area contributed by atoms with E-state index in [0.29, 0.717) is 0 Å². The lowest BCUT2D eigenvalue weighted by Crippen LogP contribution is -2.29. The summed E-state index contributed by atoms with van der Waals surface area (Å²) in [6, 6.07) is 6.30. The Hall–Kier alpha value is -1.80. The molecule has 1 aromatic carbocycles. The largest absolute Gasteiger partial charge is 0.383 e. The van der Waals surface area contributed by atoms with Crippen LogP contribution in [-0.2, 0) is 0 Å². The van der Waals surface area contributed by atoms with Gasteiger partial charge in [-0.3, -0.25) is 0 Å². The van der Waals surface area contributed by atoms with Gasteiger partial charge in [0.2, 0.25) is 0 Å². The highest BCUT2D eigenvalue weighted by atomic mass is 15.1. The van der Waals surface area contributed by atoms with Gasteiger partial charge in [0.05, 0.1) is 0 Å². The second-order valence-corrected chi connectivity index (χ2v) is 5.64. The van der Waals surface area contributed by atoms with Gasteiger partial charge in [-0.25, -0.2) is 0 Å². The SMILES string of the molecule is [CH]=C(NCCN(C)C)c1ccc(=C\C)/c(=C(/C)C(=C)C)c1. The quantitative estimate of drug-likeness (QED) is 0.861. The van der Waals surface area contributed by atoms with Crippen LogP contribution in [0.2, 0.25) is 0 Å². The third-order valence-corrected chi connectivity index (χ3v) is 3.59. The van der Waals surface area contributed by atoms with Crippen molar-refractivity contribution >= 4 is 17.3 Å². The fraction of sp³-hybridized carbons (Fsp3) is 0.368. The van der Waals surface area contributed by atoms with Crippen molar-refractivity contribution in [3.05, 3.63) is 52.9 Å². The van der Waals surface area contributed by atoms with Crippen LogP contribution in [0.1, 0.15) is 26.3 Å². The van der Waals surface area contributed by atoms with Crippen molar-refractivity contribution in [3.63, 3.8) is 0 Å². The Labute approximate surface area is 129 Å². The van der Waals surface area contributed by atoms with E-state index in [0.717, 1.165) is 29.9 Å². The molecule has 2 heteroatoms. The topological polar surface area (TPSA) is 15.3 Å². The van der Waals surface area contributed by atoms with E-state index < -0.39 is 0 Å². The molecule has 113 valence electrons. The number of likely N-dealkylation sites (N-methyl/N-ethyl adjacent to an activating group) is 1. The van der Waals surface area contributed by atoms with Crippen molar-refractivity contribution in [2.75, 3.05) is 27.2 Å². The lowest BCUT2D eigenvalue weighted by Gasteiger charge is -2.13. The smallest absolute Gasteiger partial charge is 0.0415 e. The fourth-order valence-electron chi connectivity index (χ4n) is 2.05. The van der Waals surface area contributed by atoms with Crippen LogP contribution in [0.25, 0.3) is 17.3 Å². The van der Waals surface area contributed by atoms with E-state index >= 15 is 0 Å². The number of rotatable bonds is 6. The molecule has 2 nitrogen and oxygen atoms in total. The molecule has 1 radical (unpaired) electrons. The number of hydrogen-bond donors (Lipinski definition) is 1. The van der Waals surface area contributed by atoms with Crippen molar-refractivity contribution in [1.82, 2.24) is 10.2 Å². The molecule has 0 aliphatic carbocycles. The van der Waals surface area contributed by atoms with E-state index in [2.05, 4.69) is 48.0 Å². The summed E-state index contributed by atoms with van der Waals surface area (Å²) in [6.45, 7) is 18.2. The molecule has 0 fully saturated rings. The summed E-state index contributed by atoms with van der Waals surface area (Å²) < 4.78 is 0. The van der Waals surface area contributed by atoms with Gasteiger partial charge >= 0.3 is 0 Å². The third-order valence-electron chi connectivity index (χ3n) is 3.59. The van der Waals surface area contributed by atoms with Crippen molar-refractivity contribution in [1.29, 1.82) is 0 Å². The van der Waals surface area contributed by atoms with E-state index in [1.54, 1.807) is 0 Å². The fourth-order valence-corrected chi connectivity index (χ4v) is 2.05. The molecule has 1 N–H and O–H groups in total. The first-order valence-corrected chi connectivity index (χ1v) is 7.31. The van der Waals surface area contributed by atoms with Gasteiger partial charge in [-0.2, -0.15) is 0 Å². The molecule has 0 heterocycles. The van der Waals surface area contributed by atoms with Gasteiger partial charge in [0.15, 0.2) is 0 Å². The molecule has 0 saturated carbocycles. The Kier molecular flexibility index (Phi) is 6.44. The molecular formula is C19H27N2. The Balaban J connectivity index is 3.13. The molecule has 0 aliphatic heterocycles. The average molecular weight is 283 g/mol. The summed E-state index contributed by atoms with van der Waals surface area (Å²) in [5, 5.41) is 5.68. The minimum absolute atomic E-state index is 0.718. The van der Waals surface area contributed by atoms with Crippen LogP contribution in [-0.4, -0.2) is 32.1 Å². The van der Waals surface area contributed by atoms with Crippen LogP contribution in [0.4, 0.5) is 0 Å². The molecule has 0 atom stereocenters. The van der Waals surface area contributed by atoms with Gasteiger partial charge in [-0.05, 0) is 69.1 Å². The Bertz CT molecular complexity index is 636. The molecule has 0 aliphatic rings. The van der Waals surface area contributed by atoms with Crippen LogP contribution in [0.15, 0.2) is 30.4 Å². The maximum atomic E-state index is 6.16. The molecule has 0 unspecified atom stereocenters. The molecule has 0 spiro atoms. The number of nitrogens with one attached hydrogen (secondary N) is 1. The van der Waals surface area contributed by atoms with Gasteiger partial charge in [-0.15, -0.1) is 0 Å². The van der Waals surface area contributed by atoms with Crippen LogP contribution < -0.4 is 15.8 Å². The molecular weight excluding hydrogens is 256 g/mol. The molecule has 1 rings (SSSR count). The number of nitrogens with zero attached hydrogens (tertiary/aromatic N) is 1. The summed E-state index contributed by atoms with van der Waals surface area (Å²) in [7, 11) is 4.10. The monoisotopic (exact) mass is 283 g/mol. The van der Waals surface area contributed by atoms with E-state index in [-0.39, 0.29) is 0 Å². The number of benzene rings is 1. The maximum Gasteiger partial charge on any atom is 0.0415 e. The minimum Gasteiger partial charge on any atom is -0.383 e. The second-order valence-electron chi connectivity index (χ2n) is 5.64. The zero-order chi connectivity index (χ0) is 16.0. The van der Waals surface area contributed by atoms with Crippen molar-refractivity contribution in [3.8, 4) is 0 Å². The second kappa shape index (κ2) is 7.84. The van der Waals surface area contributed by atoms with E-state index in [1.807, 2.05) is 27.9 Å². The number of allylic oxidation sites excluding steroid dienone is 1. The summed E-state index contributed by atoms with van der Waals surface area (Å²) in [5.74, 6) is 0. The van der Waals surface area contributed by atoms with E-state index in [9.17, 15) is 0 Å². The highest BCUT2D eigenvalue weighted by Gasteiger charge is 2.01. The van der Waals surface area contributed by atoms with E-state index in [4.69, 9.17) is 6.58 Å². The molecule has 0 saturated heterocycles. The van der Waals surface area contributed by atoms with Crippen LogP contribution in [0.5, 0.6) is 0 Å². The molecule has 0 aromatic heterocycles. The predicted molar refractivity (Wildman–Crippen MR) is 94.0 cm³/mol. The summed E-state index contributed by atoms with van der Waals surface area (Å²) in [4.78, 5) is 2.12. The lowest BCUT2D eigenvalue weighted by molar-refractivity contribution is 0.411. The lowest BCUT2D eigenvalue weighted by atomic mass is 10.0. The zero-order valence-electron chi connectivity index (χ0n) is 14.0. The Morgan fingerprint density at radius 1 is 1.33 bits per heavy atom. The van der Waals surface area contributed by atoms with Crippen LogP contribution in [0, 0.1) is 6.58 Å². The maximum absolute atomic E-state index is 6.16. The van der Waals surface area contributed by atoms with Crippen LogP contribution in [0.3, 0.4) is 0 Å². The standard InChI is InChI=1S/C19H27N2/c1-8-17-9-10-18(13-19(17)15(4)14(2)3)16(5)20-11-12-21(6)7/h5,8-10,13,20H,2,11-12H2,1,3-4,6-7H3/b16-5?,17-8+,19-15-. The van der Waals surface area contributed by atoms with E-state index in [1.165, 1.54) is 16.0 Å². The van der Waals surface area contributed by atoms with Crippen LogP contribution >= 0.6 is 0 Å². The first-order chi connectivity index (χ1) is 9.86. The highest BCUT2D eigenvalue weighted by Crippen LogP contribution is 2.07. The number of hydrogen-bond acceptors (Lipinski definition) is 2. The third kappa shape index (κ3) is 4.91. The van der Waals surface area contributed by atoms with Crippen molar-refractivity contribution in [2.24, 2.45) is 0 Å². The Morgan fingerprint density at radius 3 is 2.52 bits per heavy atom. The van der Waals surface area contributed by atoms with Gasteiger partial charge in [0, 0.05) is 18.8 Å². The molecule has 21 heavy (non-hydrogen) atoms. The van der Waals surface area contributed by atoms with Crippen molar-refractivity contribution < 1.29 is 0 Å². The zero-order valence-corrected chi connectivity index (χ0v) is 14.0. The molecule has 0 bridgehead atoms. The molecule has 1 aromatic rings. The summed E-state index contributed by atoms with van der Waals surface area (Å²) >= 11 is 0. The predicted octanol–water partition coefficient (Wildman–Crippen LogP) is 2.16. The summed E-state index contributed by atoms with van der Waals surface area (Å²) in [6.07, 6.45) is 2.11. The highest BCUT2D eigenvalue weighted by molar-refractivity contribution is 5.65. The normalized spacial score (nSPS) is 13.3. The first kappa shape index (κ1) is 17.3. The Morgan fingerprint density at radius 2 is 2.00 bits per heavy atom. The van der Waals surface area contributed by atoms with Gasteiger partial charge in [0.25, 0.3) is 0 Å². The first-order valence-electron chi connectivity index (χ1n) is 7.31. The van der Waals surface area contributed by atoms with Gasteiger partial charge in [-0.1, -0.05) is 30.4 Å². The van der Waals surface area contributed by atoms with Crippen molar-refractivity contribution in [2.45, 2.75) is 20.8 Å².